The number of ether oxygens (including phenoxy) is 2. The molecule has 1 aromatic carbocycles. The fourth-order valence-electron chi connectivity index (χ4n) is 2.84. The van der Waals surface area contributed by atoms with E-state index in [1.54, 1.807) is 13.0 Å². The van der Waals surface area contributed by atoms with Gasteiger partial charge in [-0.3, -0.25) is 4.79 Å². The Morgan fingerprint density at radius 3 is 2.83 bits per heavy atom. The van der Waals surface area contributed by atoms with Gasteiger partial charge in [0.15, 0.2) is 6.29 Å². The molecule has 0 spiro atoms. The van der Waals surface area contributed by atoms with Gasteiger partial charge < -0.3 is 9.47 Å². The molecule has 4 heteroatoms. The molecule has 24 heavy (non-hydrogen) atoms. The predicted octanol–water partition coefficient (Wildman–Crippen LogP) is 3.76. The average molecular weight is 325 g/mol. The van der Waals surface area contributed by atoms with Crippen LogP contribution in [0.3, 0.4) is 0 Å². The molecule has 1 saturated heterocycles. The highest BCUT2D eigenvalue weighted by Gasteiger charge is 2.40. The van der Waals surface area contributed by atoms with E-state index in [0.717, 1.165) is 0 Å². The zero-order chi connectivity index (χ0) is 17.6. The average Bonchev–Trinajstić information content (AvgIpc) is 2.61. The molecule has 0 saturated carbocycles. The summed E-state index contributed by atoms with van der Waals surface area (Å²) in [5, 5.41) is 9.26. The number of carbonyl (C=O) groups excluding carboxylic acids is 1. The summed E-state index contributed by atoms with van der Waals surface area (Å²) < 4.78 is 11.8. The molecule has 1 aliphatic rings. The second-order valence-electron chi connectivity index (χ2n) is 6.39. The summed E-state index contributed by atoms with van der Waals surface area (Å²) in [5.74, 6) is 5.89. The van der Waals surface area contributed by atoms with E-state index >= 15 is 0 Å². The number of rotatable bonds is 5. The number of benzene rings is 1. The lowest BCUT2D eigenvalue weighted by Gasteiger charge is -2.39. The van der Waals surface area contributed by atoms with Crippen LogP contribution in [-0.2, 0) is 14.3 Å². The molecule has 0 aromatic heterocycles. The van der Waals surface area contributed by atoms with Gasteiger partial charge in [-0.25, -0.2) is 0 Å². The quantitative estimate of drug-likeness (QED) is 0.773. The summed E-state index contributed by atoms with van der Waals surface area (Å²) in [4.78, 5) is 12.6. The van der Waals surface area contributed by atoms with Gasteiger partial charge in [-0.15, -0.1) is 11.8 Å². The largest absolute Gasteiger partial charge is 0.348 e. The third kappa shape index (κ3) is 4.03. The molecule has 2 rings (SSSR count). The first-order chi connectivity index (χ1) is 11.5. The van der Waals surface area contributed by atoms with Crippen LogP contribution in [0, 0.1) is 28.6 Å². The van der Waals surface area contributed by atoms with Crippen LogP contribution in [0.15, 0.2) is 24.3 Å². The van der Waals surface area contributed by atoms with Crippen LogP contribution in [0.4, 0.5) is 0 Å². The van der Waals surface area contributed by atoms with E-state index < -0.39 is 11.7 Å². The third-order valence-corrected chi connectivity index (χ3v) is 4.45. The Morgan fingerprint density at radius 1 is 1.38 bits per heavy atom. The van der Waals surface area contributed by atoms with Crippen LogP contribution >= 0.6 is 0 Å². The molecule has 1 heterocycles. The van der Waals surface area contributed by atoms with Crippen LogP contribution in [0.1, 0.15) is 57.5 Å². The van der Waals surface area contributed by atoms with Crippen molar-refractivity contribution in [2.75, 3.05) is 6.61 Å². The molecule has 0 bridgehead atoms. The maximum absolute atomic E-state index is 12.6. The maximum atomic E-state index is 12.6. The van der Waals surface area contributed by atoms with Crippen molar-refractivity contribution in [2.24, 2.45) is 5.41 Å². The predicted molar refractivity (Wildman–Crippen MR) is 90.8 cm³/mol. The second-order valence-corrected chi connectivity index (χ2v) is 6.39. The van der Waals surface area contributed by atoms with Crippen molar-refractivity contribution < 1.29 is 14.3 Å². The highest BCUT2D eigenvalue weighted by atomic mass is 16.7. The van der Waals surface area contributed by atoms with E-state index in [1.165, 1.54) is 0 Å². The summed E-state index contributed by atoms with van der Waals surface area (Å²) in [6.07, 6.45) is 0.798. The summed E-state index contributed by atoms with van der Waals surface area (Å²) in [6, 6.07) is 9.40. The lowest BCUT2D eigenvalue weighted by Crippen LogP contribution is -2.43. The third-order valence-electron chi connectivity index (χ3n) is 4.45. The Kier molecular flexibility index (Phi) is 6.15. The van der Waals surface area contributed by atoms with Crippen molar-refractivity contribution in [3.8, 4) is 17.9 Å². The lowest BCUT2D eigenvalue weighted by molar-refractivity contribution is -0.238. The molecule has 0 radical (unpaired) electrons. The van der Waals surface area contributed by atoms with Gasteiger partial charge in [-0.1, -0.05) is 32.0 Å². The first-order valence-electron chi connectivity index (χ1n) is 8.19. The first-order valence-corrected chi connectivity index (χ1v) is 8.19. The monoisotopic (exact) mass is 325 g/mol. The Morgan fingerprint density at radius 2 is 2.12 bits per heavy atom. The van der Waals surface area contributed by atoms with Crippen LogP contribution < -0.4 is 0 Å². The van der Waals surface area contributed by atoms with Crippen LogP contribution in [-0.4, -0.2) is 18.5 Å². The Hall–Kier alpha value is -2.14. The normalized spacial score (nSPS) is 20.6. The number of carbonyl (C=O) groups is 1. The molecular weight excluding hydrogens is 302 g/mol. The summed E-state index contributed by atoms with van der Waals surface area (Å²) in [7, 11) is 0. The Labute approximate surface area is 143 Å². The molecule has 4 nitrogen and oxygen atoms in total. The topological polar surface area (TPSA) is 59.3 Å². The van der Waals surface area contributed by atoms with Crippen molar-refractivity contribution in [3.05, 3.63) is 35.4 Å². The number of nitrogens with zero attached hydrogens (tertiary/aromatic N) is 1. The molecule has 1 fully saturated rings. The van der Waals surface area contributed by atoms with E-state index in [1.807, 2.05) is 32.0 Å². The van der Waals surface area contributed by atoms with Crippen LogP contribution in [0.25, 0.3) is 0 Å². The van der Waals surface area contributed by atoms with Crippen molar-refractivity contribution in [2.45, 2.75) is 52.4 Å². The van der Waals surface area contributed by atoms with Crippen LogP contribution in [0.2, 0.25) is 0 Å². The van der Waals surface area contributed by atoms with E-state index in [9.17, 15) is 10.1 Å². The highest BCUT2D eigenvalue weighted by Crippen LogP contribution is 2.37. The minimum atomic E-state index is -0.612. The SMILES string of the molecule is CC#CCCC(=O)C(C)(C)[C@@H]1CCO[C@H](c2ccccc2C#N)O1. The van der Waals surface area contributed by atoms with Gasteiger partial charge in [0.05, 0.1) is 24.3 Å². The molecule has 0 amide bonds. The van der Waals surface area contributed by atoms with Gasteiger partial charge in [0.25, 0.3) is 0 Å². The minimum Gasteiger partial charge on any atom is -0.348 e. The summed E-state index contributed by atoms with van der Waals surface area (Å²) in [6.45, 7) is 6.10. The van der Waals surface area contributed by atoms with E-state index in [-0.39, 0.29) is 11.9 Å². The van der Waals surface area contributed by atoms with Crippen molar-refractivity contribution in [3.63, 3.8) is 0 Å². The van der Waals surface area contributed by atoms with Gasteiger partial charge in [0.1, 0.15) is 5.78 Å². The fraction of sp³-hybridized carbons (Fsp3) is 0.500. The number of Topliss-reactive ketones (excluding diaryl/α,β-unsaturated/α-hetero) is 1. The molecule has 0 aliphatic carbocycles. The van der Waals surface area contributed by atoms with Crippen molar-refractivity contribution >= 4 is 5.78 Å². The fourth-order valence-corrected chi connectivity index (χ4v) is 2.84. The standard InChI is InChI=1S/C20H23NO3/c1-4-5-6-11-17(22)20(2,3)18-12-13-23-19(24-18)16-10-8-7-9-15(16)14-21/h7-10,18-19H,6,11-13H2,1-3H3/t18-,19-/m0/s1. The Bertz CT molecular complexity index is 691. The zero-order valence-corrected chi connectivity index (χ0v) is 14.5. The maximum Gasteiger partial charge on any atom is 0.185 e. The van der Waals surface area contributed by atoms with Gasteiger partial charge in [-0.2, -0.15) is 5.26 Å². The van der Waals surface area contributed by atoms with Crippen molar-refractivity contribution in [1.82, 2.24) is 0 Å². The number of hydrogen-bond donors (Lipinski definition) is 0. The zero-order valence-electron chi connectivity index (χ0n) is 14.5. The molecular formula is C20H23NO3. The van der Waals surface area contributed by atoms with E-state index in [4.69, 9.17) is 9.47 Å². The van der Waals surface area contributed by atoms with E-state index in [2.05, 4.69) is 17.9 Å². The van der Waals surface area contributed by atoms with Crippen LogP contribution in [0.5, 0.6) is 0 Å². The molecule has 0 N–H and O–H groups in total. The summed E-state index contributed by atoms with van der Waals surface area (Å²) >= 11 is 0. The number of ketones is 1. The molecule has 126 valence electrons. The molecule has 2 atom stereocenters. The number of nitriles is 1. The minimum absolute atomic E-state index is 0.143. The first kappa shape index (κ1) is 18.2. The smallest absolute Gasteiger partial charge is 0.185 e. The van der Waals surface area contributed by atoms with Gasteiger partial charge in [-0.05, 0) is 19.4 Å². The number of hydrogen-bond acceptors (Lipinski definition) is 4. The molecule has 1 aromatic rings. The van der Waals surface area contributed by atoms with Crippen molar-refractivity contribution in [1.29, 1.82) is 5.26 Å². The van der Waals surface area contributed by atoms with Gasteiger partial charge in [0, 0.05) is 23.8 Å². The molecule has 1 aliphatic heterocycles. The second kappa shape index (κ2) is 8.11. The van der Waals surface area contributed by atoms with Gasteiger partial charge >= 0.3 is 0 Å². The molecule has 0 unspecified atom stereocenters. The van der Waals surface area contributed by atoms with E-state index in [0.29, 0.717) is 37.0 Å². The summed E-state index contributed by atoms with van der Waals surface area (Å²) in [5.41, 5.74) is 0.634. The lowest BCUT2D eigenvalue weighted by atomic mass is 9.78. The van der Waals surface area contributed by atoms with Gasteiger partial charge in [0.2, 0.25) is 0 Å². The Balaban J connectivity index is 2.13. The highest BCUT2D eigenvalue weighted by molar-refractivity contribution is 5.84.